The first kappa shape index (κ1) is 11.6. The zero-order valence-electron chi connectivity index (χ0n) is 8.31. The summed E-state index contributed by atoms with van der Waals surface area (Å²) in [5.74, 6) is -0.475. The van der Waals surface area contributed by atoms with E-state index in [1.165, 1.54) is 10.9 Å². The minimum absolute atomic E-state index is 0.0518. The van der Waals surface area contributed by atoms with Crippen molar-refractivity contribution in [3.05, 3.63) is 21.3 Å². The largest absolute Gasteiger partial charge is 0.408 e. The average Bonchev–Trinajstić information content (AvgIpc) is 2.58. The lowest BCUT2D eigenvalue weighted by Crippen LogP contribution is -2.16. The van der Waals surface area contributed by atoms with Gasteiger partial charge in [-0.3, -0.25) is 4.79 Å². The topological polar surface area (TPSA) is 78.0 Å². The molecule has 0 spiro atoms. The Morgan fingerprint density at radius 2 is 2.40 bits per heavy atom. The van der Waals surface area contributed by atoms with Crippen LogP contribution in [-0.4, -0.2) is 20.5 Å². The zero-order valence-corrected chi connectivity index (χ0v) is 9.06. The summed E-state index contributed by atoms with van der Waals surface area (Å²) in [6, 6.07) is -0.527. The zero-order chi connectivity index (χ0) is 11.6. The van der Waals surface area contributed by atoms with Crippen molar-refractivity contribution >= 4 is 23.2 Å². The van der Waals surface area contributed by atoms with Crippen molar-refractivity contribution in [1.29, 1.82) is 0 Å². The molecule has 82 valence electrons. The summed E-state index contributed by atoms with van der Waals surface area (Å²) in [5.41, 5.74) is 0. The number of carbonyl (C=O) groups is 1. The van der Waals surface area contributed by atoms with Crippen LogP contribution in [0.15, 0.2) is 6.20 Å². The van der Waals surface area contributed by atoms with Crippen LogP contribution in [0.5, 0.6) is 0 Å². The lowest BCUT2D eigenvalue weighted by atomic mass is 10.2. The molecule has 0 N–H and O–H groups in total. The molecule has 0 saturated carbocycles. The number of aromatic nitrogens is 2. The van der Waals surface area contributed by atoms with Gasteiger partial charge in [0.2, 0.25) is 0 Å². The fraction of sp³-hybridized carbons (Fsp3) is 0.500. The molecule has 1 heterocycles. The third kappa shape index (κ3) is 2.33. The van der Waals surface area contributed by atoms with Crippen LogP contribution in [0.4, 0.5) is 5.82 Å². The van der Waals surface area contributed by atoms with Crippen molar-refractivity contribution in [3.63, 3.8) is 0 Å². The van der Waals surface area contributed by atoms with E-state index in [9.17, 15) is 14.9 Å². The van der Waals surface area contributed by atoms with Crippen LogP contribution in [0.2, 0.25) is 5.02 Å². The third-order valence-corrected chi connectivity index (χ3v) is 2.32. The summed E-state index contributed by atoms with van der Waals surface area (Å²) in [4.78, 5) is 21.1. The second kappa shape index (κ2) is 4.39. The number of nitrogens with zero attached hydrogens (tertiary/aromatic N) is 3. The summed E-state index contributed by atoms with van der Waals surface area (Å²) in [7, 11) is 0. The second-order valence-corrected chi connectivity index (χ2v) is 3.44. The highest BCUT2D eigenvalue weighted by Crippen LogP contribution is 2.23. The number of carbonyl (C=O) groups excluding carboxylic acids is 1. The molecule has 0 amide bonds. The molecule has 1 aromatic heterocycles. The van der Waals surface area contributed by atoms with E-state index in [4.69, 9.17) is 11.6 Å². The van der Waals surface area contributed by atoms with Crippen LogP contribution in [0.1, 0.15) is 26.3 Å². The molecule has 0 fully saturated rings. The Morgan fingerprint density at radius 1 is 1.80 bits per heavy atom. The molecule has 0 aliphatic heterocycles. The van der Waals surface area contributed by atoms with Gasteiger partial charge in [0.15, 0.2) is 10.8 Å². The van der Waals surface area contributed by atoms with E-state index in [-0.39, 0.29) is 10.8 Å². The average molecular weight is 232 g/mol. The maximum absolute atomic E-state index is 11.3. The first-order chi connectivity index (χ1) is 6.97. The molecule has 6 nitrogen and oxygen atoms in total. The normalized spacial score (nSPS) is 12.5. The van der Waals surface area contributed by atoms with E-state index in [1.54, 1.807) is 13.8 Å². The first-order valence-corrected chi connectivity index (χ1v) is 4.77. The van der Waals surface area contributed by atoms with Gasteiger partial charge in [-0.25, -0.2) is 0 Å². The van der Waals surface area contributed by atoms with Gasteiger partial charge in [0.1, 0.15) is 6.04 Å². The van der Waals surface area contributed by atoms with Crippen molar-refractivity contribution in [2.24, 2.45) is 0 Å². The Hall–Kier alpha value is -1.43. The molecule has 1 unspecified atom stereocenters. The molecule has 1 rings (SSSR count). The lowest BCUT2D eigenvalue weighted by molar-refractivity contribution is -0.389. The Labute approximate surface area is 91.0 Å². The minimum atomic E-state index is -0.679. The molecule has 0 bridgehead atoms. The van der Waals surface area contributed by atoms with Crippen molar-refractivity contribution in [2.45, 2.75) is 26.3 Å². The Bertz CT molecular complexity index is 402. The van der Waals surface area contributed by atoms with E-state index in [0.29, 0.717) is 6.42 Å². The smallest absolute Gasteiger partial charge is 0.358 e. The van der Waals surface area contributed by atoms with Gasteiger partial charge in [0, 0.05) is 6.42 Å². The third-order valence-electron chi connectivity index (χ3n) is 2.05. The minimum Gasteiger partial charge on any atom is -0.358 e. The number of rotatable bonds is 4. The van der Waals surface area contributed by atoms with Crippen LogP contribution in [-0.2, 0) is 4.79 Å². The van der Waals surface area contributed by atoms with Crippen LogP contribution in [0.3, 0.4) is 0 Å². The van der Waals surface area contributed by atoms with Gasteiger partial charge < -0.3 is 10.1 Å². The molecule has 1 atom stereocenters. The molecule has 7 heteroatoms. The highest BCUT2D eigenvalue weighted by Gasteiger charge is 2.24. The lowest BCUT2D eigenvalue weighted by Gasteiger charge is -2.04. The fourth-order valence-electron chi connectivity index (χ4n) is 1.12. The van der Waals surface area contributed by atoms with Gasteiger partial charge in [-0.1, -0.05) is 18.5 Å². The number of Topliss-reactive ketones (excluding diaryl/α,β-unsaturated/α-hetero) is 1. The second-order valence-electron chi connectivity index (χ2n) is 3.03. The predicted molar refractivity (Wildman–Crippen MR) is 53.9 cm³/mol. The number of ketones is 1. The molecule has 1 aromatic rings. The molecule has 15 heavy (non-hydrogen) atoms. The maximum atomic E-state index is 11.3. The Kier molecular flexibility index (Phi) is 3.41. The summed E-state index contributed by atoms with van der Waals surface area (Å²) in [6.07, 6.45) is 1.64. The SMILES string of the molecule is CCC(=O)C(C)n1cc(Cl)c([N+](=O)[O-])n1. The number of hydrogen-bond donors (Lipinski definition) is 0. The molecule has 0 radical (unpaired) electrons. The van der Waals surface area contributed by atoms with E-state index in [0.717, 1.165) is 0 Å². The standard InChI is InChI=1S/C8H10ClN3O3/c1-3-7(13)5(2)11-4-6(9)8(10-11)12(14)15/h4-5H,3H2,1-2H3. The van der Waals surface area contributed by atoms with E-state index >= 15 is 0 Å². The summed E-state index contributed by atoms with van der Waals surface area (Å²) in [6.45, 7) is 3.34. The molecule has 0 aliphatic rings. The van der Waals surface area contributed by atoms with E-state index in [2.05, 4.69) is 5.10 Å². The molecule has 0 aromatic carbocycles. The van der Waals surface area contributed by atoms with Crippen LogP contribution >= 0.6 is 11.6 Å². The predicted octanol–water partition coefficient (Wildman–Crippen LogP) is 1.98. The number of hydrogen-bond acceptors (Lipinski definition) is 4. The molecule has 0 aliphatic carbocycles. The van der Waals surface area contributed by atoms with Crippen LogP contribution < -0.4 is 0 Å². The van der Waals surface area contributed by atoms with Gasteiger partial charge in [-0.05, 0) is 11.8 Å². The van der Waals surface area contributed by atoms with E-state index < -0.39 is 16.8 Å². The summed E-state index contributed by atoms with van der Waals surface area (Å²) in [5, 5.41) is 14.0. The monoisotopic (exact) mass is 231 g/mol. The Morgan fingerprint density at radius 3 is 2.80 bits per heavy atom. The fourth-order valence-corrected chi connectivity index (χ4v) is 1.33. The van der Waals surface area contributed by atoms with Crippen molar-refractivity contribution < 1.29 is 9.72 Å². The molecule has 0 saturated heterocycles. The van der Waals surface area contributed by atoms with Crippen molar-refractivity contribution in [1.82, 2.24) is 9.78 Å². The Balaban J connectivity index is 3.02. The molecular weight excluding hydrogens is 222 g/mol. The van der Waals surface area contributed by atoms with Crippen LogP contribution in [0.25, 0.3) is 0 Å². The first-order valence-electron chi connectivity index (χ1n) is 4.39. The van der Waals surface area contributed by atoms with Crippen LogP contribution in [0, 0.1) is 10.1 Å². The quantitative estimate of drug-likeness (QED) is 0.586. The van der Waals surface area contributed by atoms with Gasteiger partial charge >= 0.3 is 5.82 Å². The van der Waals surface area contributed by atoms with Gasteiger partial charge in [-0.15, -0.1) is 0 Å². The number of nitro groups is 1. The van der Waals surface area contributed by atoms with Crippen molar-refractivity contribution in [3.8, 4) is 0 Å². The van der Waals surface area contributed by atoms with E-state index in [1.807, 2.05) is 0 Å². The highest BCUT2D eigenvalue weighted by atomic mass is 35.5. The summed E-state index contributed by atoms with van der Waals surface area (Å²) >= 11 is 5.60. The highest BCUT2D eigenvalue weighted by molar-refractivity contribution is 6.32. The van der Waals surface area contributed by atoms with Gasteiger partial charge in [-0.2, -0.15) is 4.68 Å². The number of halogens is 1. The van der Waals surface area contributed by atoms with Crippen molar-refractivity contribution in [2.75, 3.05) is 0 Å². The molecular formula is C8H10ClN3O3. The maximum Gasteiger partial charge on any atom is 0.408 e. The summed E-state index contributed by atoms with van der Waals surface area (Å²) < 4.78 is 1.21. The van der Waals surface area contributed by atoms with Gasteiger partial charge in [0.25, 0.3) is 0 Å². The van der Waals surface area contributed by atoms with Gasteiger partial charge in [0.05, 0.1) is 11.3 Å².